The van der Waals surface area contributed by atoms with Gasteiger partial charge in [-0.15, -0.1) is 0 Å². The number of nitro benzene ring substituents is 1. The fourth-order valence-electron chi connectivity index (χ4n) is 0.654. The lowest BCUT2D eigenvalue weighted by molar-refractivity contribution is -0.383. The Balaban J connectivity index is 0. The van der Waals surface area contributed by atoms with Crippen LogP contribution in [0, 0.1) is 10.1 Å². The van der Waals surface area contributed by atoms with Crippen LogP contribution in [0.25, 0.3) is 0 Å². The molecule has 0 bridgehead atoms. The molecule has 1 aromatic rings. The first-order chi connectivity index (χ1) is 6.72. The third-order valence-corrected chi connectivity index (χ3v) is 1.13. The highest BCUT2D eigenvalue weighted by Crippen LogP contribution is 2.18. The minimum atomic E-state index is -0.505. The molecule has 80 valence electrons. The molecule has 4 heteroatoms. The second kappa shape index (κ2) is 9.51. The smallest absolute Gasteiger partial charge is 0.292 e. The number of para-hydroxylation sites is 2. The maximum Gasteiger partial charge on any atom is 0.292 e. The highest BCUT2D eigenvalue weighted by Gasteiger charge is 2.07. The molecule has 4 nitrogen and oxygen atoms in total. The van der Waals surface area contributed by atoms with Crippen molar-refractivity contribution in [2.45, 2.75) is 27.7 Å². The number of benzene rings is 1. The molecule has 0 radical (unpaired) electrons. The van der Waals surface area contributed by atoms with Gasteiger partial charge in [-0.1, -0.05) is 39.8 Å². The molecule has 0 aliphatic heterocycles. The lowest BCUT2D eigenvalue weighted by Crippen LogP contribution is -1.93. The van der Waals surface area contributed by atoms with Crippen LogP contribution in [0.5, 0.6) is 0 Å². The molecule has 0 heterocycles. The molecule has 0 amide bonds. The van der Waals surface area contributed by atoms with E-state index in [4.69, 9.17) is 5.73 Å². The number of anilines is 1. The molecule has 0 atom stereocenters. The van der Waals surface area contributed by atoms with Gasteiger partial charge in [0.05, 0.1) is 4.92 Å². The summed E-state index contributed by atoms with van der Waals surface area (Å²) in [6, 6.07) is 6.10. The van der Waals surface area contributed by atoms with Crippen molar-refractivity contribution in [3.63, 3.8) is 0 Å². The molecule has 0 unspecified atom stereocenters. The van der Waals surface area contributed by atoms with Gasteiger partial charge >= 0.3 is 0 Å². The van der Waals surface area contributed by atoms with Crippen LogP contribution < -0.4 is 5.73 Å². The number of nitrogens with zero attached hydrogens (tertiary/aromatic N) is 1. The Hall–Kier alpha value is -1.58. The topological polar surface area (TPSA) is 69.2 Å². The van der Waals surface area contributed by atoms with Gasteiger partial charge in [-0.2, -0.15) is 0 Å². The van der Waals surface area contributed by atoms with E-state index < -0.39 is 4.92 Å². The summed E-state index contributed by atoms with van der Waals surface area (Å²) in [6.07, 6.45) is 0. The molecule has 0 fully saturated rings. The third-order valence-electron chi connectivity index (χ3n) is 1.13. The molecular weight excluding hydrogens is 180 g/mol. The van der Waals surface area contributed by atoms with Crippen molar-refractivity contribution in [2.24, 2.45) is 0 Å². The van der Waals surface area contributed by atoms with E-state index in [-0.39, 0.29) is 11.4 Å². The van der Waals surface area contributed by atoms with Crippen molar-refractivity contribution >= 4 is 11.4 Å². The lowest BCUT2D eigenvalue weighted by atomic mass is 10.3. The highest BCUT2D eigenvalue weighted by atomic mass is 16.6. The van der Waals surface area contributed by atoms with Gasteiger partial charge in [0.2, 0.25) is 0 Å². The van der Waals surface area contributed by atoms with E-state index in [1.54, 1.807) is 12.1 Å². The molecule has 0 aliphatic carbocycles. The molecule has 0 aromatic heterocycles. The quantitative estimate of drug-likeness (QED) is 0.428. The molecule has 0 spiro atoms. The van der Waals surface area contributed by atoms with E-state index >= 15 is 0 Å². The van der Waals surface area contributed by atoms with E-state index in [0.717, 1.165) is 0 Å². The average Bonchev–Trinajstić information content (AvgIpc) is 2.24. The van der Waals surface area contributed by atoms with Crippen LogP contribution in [0.3, 0.4) is 0 Å². The third kappa shape index (κ3) is 5.13. The molecule has 1 aromatic carbocycles. The van der Waals surface area contributed by atoms with Gasteiger partial charge in [-0.25, -0.2) is 0 Å². The Bertz CT molecular complexity index is 262. The Kier molecular flexibility index (Phi) is 10.1. The number of rotatable bonds is 1. The lowest BCUT2D eigenvalue weighted by Gasteiger charge is -1.92. The van der Waals surface area contributed by atoms with E-state index in [0.29, 0.717) is 0 Å². The van der Waals surface area contributed by atoms with Gasteiger partial charge in [0.1, 0.15) is 5.69 Å². The van der Waals surface area contributed by atoms with E-state index in [1.807, 2.05) is 27.7 Å². The summed E-state index contributed by atoms with van der Waals surface area (Å²) in [7, 11) is 0. The Labute approximate surface area is 84.9 Å². The van der Waals surface area contributed by atoms with E-state index in [1.165, 1.54) is 12.1 Å². The molecule has 0 aliphatic rings. The van der Waals surface area contributed by atoms with Gasteiger partial charge in [0.25, 0.3) is 5.69 Å². The Morgan fingerprint density at radius 1 is 1.14 bits per heavy atom. The standard InChI is InChI=1S/C6H6N2O2.2C2H6/c7-5-3-1-2-4-6(5)8(9)10;2*1-2/h1-4H,7H2;2*1-2H3. The van der Waals surface area contributed by atoms with Crippen LogP contribution in [0.2, 0.25) is 0 Å². The van der Waals surface area contributed by atoms with E-state index in [9.17, 15) is 10.1 Å². The molecule has 2 N–H and O–H groups in total. The summed E-state index contributed by atoms with van der Waals surface area (Å²) < 4.78 is 0. The molecular formula is C10H18N2O2. The first-order valence-electron chi connectivity index (χ1n) is 4.70. The highest BCUT2D eigenvalue weighted by molar-refractivity contribution is 5.57. The zero-order chi connectivity index (χ0) is 11.6. The normalized spacial score (nSPS) is 7.43. The number of hydrogen-bond acceptors (Lipinski definition) is 3. The van der Waals surface area contributed by atoms with Crippen molar-refractivity contribution in [3.8, 4) is 0 Å². The summed E-state index contributed by atoms with van der Waals surface area (Å²) in [5.41, 5.74) is 5.44. The predicted octanol–water partition coefficient (Wildman–Crippen LogP) is 3.23. The summed E-state index contributed by atoms with van der Waals surface area (Å²) in [5, 5.41) is 10.1. The summed E-state index contributed by atoms with van der Waals surface area (Å²) in [6.45, 7) is 8.00. The Morgan fingerprint density at radius 3 is 1.86 bits per heavy atom. The number of nitrogens with two attached hydrogens (primary N) is 1. The number of hydrogen-bond donors (Lipinski definition) is 1. The van der Waals surface area contributed by atoms with Gasteiger partial charge in [-0.05, 0) is 6.07 Å². The van der Waals surface area contributed by atoms with Gasteiger partial charge in [0, 0.05) is 6.07 Å². The monoisotopic (exact) mass is 198 g/mol. The van der Waals surface area contributed by atoms with Crippen molar-refractivity contribution in [1.29, 1.82) is 0 Å². The van der Waals surface area contributed by atoms with Crippen LogP contribution in [0.1, 0.15) is 27.7 Å². The van der Waals surface area contributed by atoms with Gasteiger partial charge < -0.3 is 5.73 Å². The minimum Gasteiger partial charge on any atom is -0.393 e. The minimum absolute atomic E-state index is 0.0394. The van der Waals surface area contributed by atoms with Crippen molar-refractivity contribution in [1.82, 2.24) is 0 Å². The number of nitrogen functional groups attached to an aromatic ring is 1. The van der Waals surface area contributed by atoms with Crippen molar-refractivity contribution < 1.29 is 4.92 Å². The van der Waals surface area contributed by atoms with Crippen LogP contribution in [-0.4, -0.2) is 4.92 Å². The summed E-state index contributed by atoms with van der Waals surface area (Å²) in [5.74, 6) is 0. The molecule has 0 saturated carbocycles. The first kappa shape index (κ1) is 14.9. The molecule has 1 rings (SSSR count). The van der Waals surface area contributed by atoms with Crippen LogP contribution in [0.4, 0.5) is 11.4 Å². The predicted molar refractivity (Wildman–Crippen MR) is 60.2 cm³/mol. The molecule has 14 heavy (non-hydrogen) atoms. The first-order valence-corrected chi connectivity index (χ1v) is 4.70. The second-order valence-electron chi connectivity index (χ2n) is 1.82. The fraction of sp³-hybridized carbons (Fsp3) is 0.400. The largest absolute Gasteiger partial charge is 0.393 e. The zero-order valence-electron chi connectivity index (χ0n) is 9.15. The van der Waals surface area contributed by atoms with Gasteiger partial charge in [0.15, 0.2) is 0 Å². The van der Waals surface area contributed by atoms with Crippen molar-refractivity contribution in [2.75, 3.05) is 5.73 Å². The average molecular weight is 198 g/mol. The van der Waals surface area contributed by atoms with Crippen LogP contribution in [-0.2, 0) is 0 Å². The summed E-state index contributed by atoms with van der Waals surface area (Å²) >= 11 is 0. The summed E-state index contributed by atoms with van der Waals surface area (Å²) in [4.78, 5) is 9.64. The molecule has 0 saturated heterocycles. The van der Waals surface area contributed by atoms with Crippen LogP contribution >= 0.6 is 0 Å². The second-order valence-corrected chi connectivity index (χ2v) is 1.82. The maximum absolute atomic E-state index is 10.1. The maximum atomic E-state index is 10.1. The van der Waals surface area contributed by atoms with Crippen molar-refractivity contribution in [3.05, 3.63) is 34.4 Å². The van der Waals surface area contributed by atoms with E-state index in [2.05, 4.69) is 0 Å². The zero-order valence-corrected chi connectivity index (χ0v) is 9.15. The SMILES string of the molecule is CC.CC.Nc1ccccc1[N+](=O)[O-]. The fourth-order valence-corrected chi connectivity index (χ4v) is 0.654. The van der Waals surface area contributed by atoms with Crippen LogP contribution in [0.15, 0.2) is 24.3 Å². The Morgan fingerprint density at radius 2 is 1.57 bits per heavy atom. The van der Waals surface area contributed by atoms with Gasteiger partial charge in [-0.3, -0.25) is 10.1 Å². The number of nitro groups is 1.